The lowest BCUT2D eigenvalue weighted by atomic mass is 9.77. The molecule has 7 heteroatoms. The van der Waals surface area contributed by atoms with Gasteiger partial charge < -0.3 is 10.6 Å². The molecular formula is C14H18ClN3O3. The molecule has 0 saturated carbocycles. The first-order valence-corrected chi connectivity index (χ1v) is 7.17. The van der Waals surface area contributed by atoms with Crippen molar-refractivity contribution in [1.82, 2.24) is 5.32 Å². The number of nitrogens with zero attached hydrogens (tertiary/aromatic N) is 1. The fraction of sp³-hybridized carbons (Fsp3) is 0.500. The number of piperidine rings is 1. The van der Waals surface area contributed by atoms with Gasteiger partial charge in [0.2, 0.25) is 5.91 Å². The number of carbonyl (C=O) groups is 1. The van der Waals surface area contributed by atoms with Crippen LogP contribution in [0.3, 0.4) is 0 Å². The van der Waals surface area contributed by atoms with Crippen molar-refractivity contribution >= 4 is 28.9 Å². The average Bonchev–Trinajstić information content (AvgIpc) is 2.40. The molecular weight excluding hydrogens is 294 g/mol. The molecule has 1 saturated heterocycles. The van der Waals surface area contributed by atoms with Crippen LogP contribution in [0.15, 0.2) is 18.2 Å². The smallest absolute Gasteiger partial charge is 0.289 e. The summed E-state index contributed by atoms with van der Waals surface area (Å²) in [4.78, 5) is 22.7. The third kappa shape index (κ3) is 3.51. The summed E-state index contributed by atoms with van der Waals surface area (Å²) in [6.07, 6.45) is 1.99. The number of nitrogens with one attached hydrogen (secondary N) is 2. The molecule has 2 rings (SSSR count). The Bertz CT molecular complexity index is 575. The van der Waals surface area contributed by atoms with Crippen molar-refractivity contribution in [3.8, 4) is 0 Å². The van der Waals surface area contributed by atoms with Gasteiger partial charge >= 0.3 is 0 Å². The van der Waals surface area contributed by atoms with Crippen LogP contribution in [0.4, 0.5) is 11.4 Å². The molecule has 1 aromatic rings. The minimum absolute atomic E-state index is 0.0501. The third-order valence-electron chi connectivity index (χ3n) is 3.80. The van der Waals surface area contributed by atoms with E-state index in [0.29, 0.717) is 5.69 Å². The molecule has 1 heterocycles. The fourth-order valence-electron chi connectivity index (χ4n) is 2.60. The number of anilines is 1. The molecule has 1 amide bonds. The number of nitro benzene ring substituents is 1. The van der Waals surface area contributed by atoms with Gasteiger partial charge in [-0.25, -0.2) is 0 Å². The van der Waals surface area contributed by atoms with Gasteiger partial charge in [0.25, 0.3) is 5.69 Å². The van der Waals surface area contributed by atoms with E-state index < -0.39 is 4.92 Å². The van der Waals surface area contributed by atoms with Gasteiger partial charge in [0.15, 0.2) is 0 Å². The largest absolute Gasteiger partial charge is 0.324 e. The Morgan fingerprint density at radius 1 is 1.52 bits per heavy atom. The summed E-state index contributed by atoms with van der Waals surface area (Å²) >= 11 is 5.76. The first-order valence-electron chi connectivity index (χ1n) is 6.79. The summed E-state index contributed by atoms with van der Waals surface area (Å²) in [6, 6.07) is 3.93. The van der Waals surface area contributed by atoms with Crippen LogP contribution < -0.4 is 10.6 Å². The maximum absolute atomic E-state index is 12.4. The number of carbonyl (C=O) groups excluding carboxylic acids is 1. The van der Waals surface area contributed by atoms with Crippen molar-refractivity contribution in [2.24, 2.45) is 5.41 Å². The van der Waals surface area contributed by atoms with Gasteiger partial charge in [-0.3, -0.25) is 14.9 Å². The highest BCUT2D eigenvalue weighted by atomic mass is 35.5. The number of halogens is 1. The summed E-state index contributed by atoms with van der Waals surface area (Å²) in [5.41, 5.74) is 0.00495. The second-order valence-corrected chi connectivity index (χ2v) is 6.30. The summed E-state index contributed by atoms with van der Waals surface area (Å²) in [5.74, 6) is -0.184. The second kappa shape index (κ2) is 5.99. The Morgan fingerprint density at radius 2 is 2.24 bits per heavy atom. The maximum atomic E-state index is 12.4. The molecule has 1 aromatic carbocycles. The maximum Gasteiger partial charge on any atom is 0.289 e. The molecule has 2 N–H and O–H groups in total. The Balaban J connectivity index is 2.16. The lowest BCUT2D eigenvalue weighted by Crippen LogP contribution is -2.53. The van der Waals surface area contributed by atoms with Crippen molar-refractivity contribution in [1.29, 1.82) is 0 Å². The fourth-order valence-corrected chi connectivity index (χ4v) is 2.79. The van der Waals surface area contributed by atoms with Gasteiger partial charge in [0, 0.05) is 11.8 Å². The van der Waals surface area contributed by atoms with E-state index in [1.807, 2.05) is 13.8 Å². The molecule has 114 valence electrons. The Kier molecular flexibility index (Phi) is 4.49. The first-order chi connectivity index (χ1) is 9.81. The average molecular weight is 312 g/mol. The highest BCUT2D eigenvalue weighted by molar-refractivity contribution is 6.32. The molecule has 1 atom stereocenters. The first kappa shape index (κ1) is 15.7. The standard InChI is InChI=1S/C14H18ClN3O3/c1-14(2)6-3-7-16-12(14)13(19)17-9-4-5-10(15)11(8-9)18(20)21/h4-5,8,12,16H,3,6-7H2,1-2H3,(H,17,19). The van der Waals surface area contributed by atoms with E-state index in [2.05, 4.69) is 10.6 Å². The van der Waals surface area contributed by atoms with Crippen LogP contribution in [0.25, 0.3) is 0 Å². The van der Waals surface area contributed by atoms with Crippen LogP contribution in [-0.2, 0) is 4.79 Å². The quantitative estimate of drug-likeness (QED) is 0.664. The summed E-state index contributed by atoms with van der Waals surface area (Å²) < 4.78 is 0. The molecule has 1 aliphatic rings. The molecule has 0 radical (unpaired) electrons. The molecule has 0 spiro atoms. The van der Waals surface area contributed by atoms with E-state index in [9.17, 15) is 14.9 Å². The highest BCUT2D eigenvalue weighted by Crippen LogP contribution is 2.32. The van der Waals surface area contributed by atoms with E-state index in [1.54, 1.807) is 6.07 Å². The van der Waals surface area contributed by atoms with Crippen molar-refractivity contribution in [3.05, 3.63) is 33.3 Å². The molecule has 6 nitrogen and oxygen atoms in total. The van der Waals surface area contributed by atoms with Crippen LogP contribution in [-0.4, -0.2) is 23.4 Å². The van der Waals surface area contributed by atoms with E-state index >= 15 is 0 Å². The number of benzene rings is 1. The number of rotatable bonds is 3. The van der Waals surface area contributed by atoms with Gasteiger partial charge in [-0.05, 0) is 36.9 Å². The number of nitro groups is 1. The van der Waals surface area contributed by atoms with Crippen LogP contribution in [0, 0.1) is 15.5 Å². The van der Waals surface area contributed by atoms with Crippen LogP contribution in [0.5, 0.6) is 0 Å². The van der Waals surface area contributed by atoms with E-state index in [1.165, 1.54) is 12.1 Å². The SMILES string of the molecule is CC1(C)CCCNC1C(=O)Nc1ccc(Cl)c([N+](=O)[O-])c1. The lowest BCUT2D eigenvalue weighted by Gasteiger charge is -2.38. The topological polar surface area (TPSA) is 84.3 Å². The molecule has 1 fully saturated rings. The van der Waals surface area contributed by atoms with Gasteiger partial charge in [-0.15, -0.1) is 0 Å². The van der Waals surface area contributed by atoms with Crippen molar-refractivity contribution < 1.29 is 9.72 Å². The molecule has 0 aliphatic carbocycles. The lowest BCUT2D eigenvalue weighted by molar-refractivity contribution is -0.384. The van der Waals surface area contributed by atoms with Gasteiger partial charge in [-0.1, -0.05) is 25.4 Å². The number of hydrogen-bond acceptors (Lipinski definition) is 4. The minimum Gasteiger partial charge on any atom is -0.324 e. The van der Waals surface area contributed by atoms with E-state index in [-0.39, 0.29) is 28.1 Å². The zero-order valence-electron chi connectivity index (χ0n) is 12.0. The minimum atomic E-state index is -0.569. The van der Waals surface area contributed by atoms with Crippen LogP contribution >= 0.6 is 11.6 Å². The number of hydrogen-bond donors (Lipinski definition) is 2. The summed E-state index contributed by atoms with van der Waals surface area (Å²) in [5, 5.41) is 16.8. The van der Waals surface area contributed by atoms with E-state index in [4.69, 9.17) is 11.6 Å². The highest BCUT2D eigenvalue weighted by Gasteiger charge is 2.37. The van der Waals surface area contributed by atoms with Gasteiger partial charge in [0.05, 0.1) is 11.0 Å². The van der Waals surface area contributed by atoms with Crippen molar-refractivity contribution in [2.75, 3.05) is 11.9 Å². The zero-order valence-corrected chi connectivity index (χ0v) is 12.7. The van der Waals surface area contributed by atoms with Crippen molar-refractivity contribution in [2.45, 2.75) is 32.7 Å². The van der Waals surface area contributed by atoms with Crippen molar-refractivity contribution in [3.63, 3.8) is 0 Å². The third-order valence-corrected chi connectivity index (χ3v) is 4.12. The van der Waals surface area contributed by atoms with Crippen LogP contribution in [0.2, 0.25) is 5.02 Å². The molecule has 1 aliphatic heterocycles. The number of amides is 1. The predicted molar refractivity (Wildman–Crippen MR) is 81.5 cm³/mol. The Hall–Kier alpha value is -1.66. The van der Waals surface area contributed by atoms with Crippen LogP contribution in [0.1, 0.15) is 26.7 Å². The summed E-state index contributed by atoms with van der Waals surface area (Å²) in [6.45, 7) is 4.86. The molecule has 21 heavy (non-hydrogen) atoms. The second-order valence-electron chi connectivity index (χ2n) is 5.89. The Labute approximate surface area is 128 Å². The Morgan fingerprint density at radius 3 is 2.86 bits per heavy atom. The van der Waals surface area contributed by atoms with Gasteiger partial charge in [0.1, 0.15) is 5.02 Å². The normalized spacial score (nSPS) is 20.8. The van der Waals surface area contributed by atoms with E-state index in [0.717, 1.165) is 19.4 Å². The molecule has 0 aromatic heterocycles. The molecule has 0 bridgehead atoms. The summed E-state index contributed by atoms with van der Waals surface area (Å²) in [7, 11) is 0. The zero-order chi connectivity index (χ0) is 15.6. The molecule has 1 unspecified atom stereocenters. The predicted octanol–water partition coefficient (Wildman–Crippen LogP) is 2.96. The monoisotopic (exact) mass is 311 g/mol. The van der Waals surface area contributed by atoms with Gasteiger partial charge in [-0.2, -0.15) is 0 Å².